The molecule has 0 bridgehead atoms. The Morgan fingerprint density at radius 3 is 2.10 bits per heavy atom. The van der Waals surface area contributed by atoms with Crippen molar-refractivity contribution in [3.8, 4) is 5.75 Å². The molecule has 3 aliphatic carbocycles. The molecule has 0 radical (unpaired) electrons. The van der Waals surface area contributed by atoms with Crippen LogP contribution >= 0.6 is 0 Å². The van der Waals surface area contributed by atoms with Crippen LogP contribution in [0.5, 0.6) is 5.75 Å². The molecule has 2 saturated carbocycles. The third-order valence-corrected chi connectivity index (χ3v) is 11.4. The number of hydrogen-bond donors (Lipinski definition) is 1. The minimum absolute atomic E-state index is 0.0282. The second kappa shape index (κ2) is 17.1. The smallest absolute Gasteiger partial charge is 0.306 e. The van der Waals surface area contributed by atoms with Gasteiger partial charge in [0.1, 0.15) is 11.9 Å². The first-order valence-corrected chi connectivity index (χ1v) is 18.0. The largest absolute Gasteiger partial charge is 0.508 e. The molecule has 2 fully saturated rings. The summed E-state index contributed by atoms with van der Waals surface area (Å²) in [6, 6.07) is 5.99. The van der Waals surface area contributed by atoms with E-state index >= 15 is 0 Å². The van der Waals surface area contributed by atoms with E-state index in [4.69, 9.17) is 9.47 Å². The number of rotatable bonds is 19. The van der Waals surface area contributed by atoms with Crippen molar-refractivity contribution in [2.24, 2.45) is 17.3 Å². The van der Waals surface area contributed by atoms with Gasteiger partial charge in [-0.05, 0) is 79.5 Å². The van der Waals surface area contributed by atoms with Gasteiger partial charge in [0.2, 0.25) is 0 Å². The molecule has 1 unspecified atom stereocenters. The van der Waals surface area contributed by atoms with Crippen molar-refractivity contribution < 1.29 is 19.4 Å². The molecule has 3 aliphatic rings. The maximum absolute atomic E-state index is 12.9. The molecule has 4 heteroatoms. The number of esters is 1. The van der Waals surface area contributed by atoms with Crippen LogP contribution in [0.1, 0.15) is 172 Å². The summed E-state index contributed by atoms with van der Waals surface area (Å²) in [5, 5.41) is 10.2. The summed E-state index contributed by atoms with van der Waals surface area (Å²) in [6.07, 6.45) is 26.3. The van der Waals surface area contributed by atoms with E-state index in [-0.39, 0.29) is 17.5 Å². The van der Waals surface area contributed by atoms with Gasteiger partial charge in [0, 0.05) is 24.9 Å². The zero-order chi connectivity index (χ0) is 29.8. The third-order valence-electron chi connectivity index (χ3n) is 11.4. The molecule has 0 saturated heterocycles. The van der Waals surface area contributed by atoms with E-state index in [9.17, 15) is 9.90 Å². The average molecular weight is 583 g/mol. The Hall–Kier alpha value is -1.55. The van der Waals surface area contributed by atoms with Crippen molar-refractivity contribution in [1.29, 1.82) is 0 Å². The second-order valence-corrected chi connectivity index (χ2v) is 14.4. The summed E-state index contributed by atoms with van der Waals surface area (Å²) < 4.78 is 11.9. The van der Waals surface area contributed by atoms with Gasteiger partial charge in [-0.2, -0.15) is 0 Å². The maximum atomic E-state index is 12.9. The summed E-state index contributed by atoms with van der Waals surface area (Å²) in [7, 11) is 1.78. The van der Waals surface area contributed by atoms with Gasteiger partial charge in [0.15, 0.2) is 0 Å². The highest BCUT2D eigenvalue weighted by molar-refractivity contribution is 5.69. The Morgan fingerprint density at radius 2 is 1.48 bits per heavy atom. The number of unbranched alkanes of at least 4 members (excludes halogenated alkanes) is 14. The number of carbonyl (C=O) groups is 1. The fourth-order valence-corrected chi connectivity index (χ4v) is 9.07. The predicted molar refractivity (Wildman–Crippen MR) is 173 cm³/mol. The summed E-state index contributed by atoms with van der Waals surface area (Å²) >= 11 is 0. The molecule has 0 spiro atoms. The molecule has 1 aromatic carbocycles. The number of benzene rings is 1. The third kappa shape index (κ3) is 8.76. The number of ether oxygens (including phenoxy) is 2. The lowest BCUT2D eigenvalue weighted by atomic mass is 9.54. The van der Waals surface area contributed by atoms with Crippen LogP contribution in [0.25, 0.3) is 0 Å². The molecule has 4 rings (SSSR count). The van der Waals surface area contributed by atoms with Gasteiger partial charge in [-0.3, -0.25) is 4.79 Å². The summed E-state index contributed by atoms with van der Waals surface area (Å²) in [5.41, 5.74) is 2.78. The number of methoxy groups -OCH3 is 1. The van der Waals surface area contributed by atoms with Gasteiger partial charge in [-0.1, -0.05) is 110 Å². The Morgan fingerprint density at radius 1 is 0.857 bits per heavy atom. The van der Waals surface area contributed by atoms with E-state index in [1.807, 2.05) is 12.1 Å². The zero-order valence-corrected chi connectivity index (χ0v) is 27.3. The number of phenols is 1. The highest BCUT2D eigenvalue weighted by Gasteiger charge is 2.57. The van der Waals surface area contributed by atoms with Crippen molar-refractivity contribution in [3.05, 3.63) is 29.3 Å². The fraction of sp³-hybridized carbons (Fsp3) is 0.816. The Labute approximate surface area is 257 Å². The van der Waals surface area contributed by atoms with E-state index in [1.54, 1.807) is 7.11 Å². The lowest BCUT2D eigenvalue weighted by Crippen LogP contribution is -2.46. The molecular weight excluding hydrogens is 520 g/mol. The quantitative estimate of drug-likeness (QED) is 0.130. The van der Waals surface area contributed by atoms with Crippen LogP contribution in [-0.2, 0) is 14.3 Å². The molecule has 1 N–H and O–H groups in total. The first-order chi connectivity index (χ1) is 20.5. The van der Waals surface area contributed by atoms with Crippen molar-refractivity contribution in [2.75, 3.05) is 13.7 Å². The molecule has 0 aromatic heterocycles. The number of phenolic OH excluding ortho intramolecular Hbond substituents is 1. The summed E-state index contributed by atoms with van der Waals surface area (Å²) in [5.74, 6) is 2.44. The summed E-state index contributed by atoms with van der Waals surface area (Å²) in [4.78, 5) is 12.9. The topological polar surface area (TPSA) is 55.8 Å². The number of fused-ring (bicyclic) bond motifs is 5. The van der Waals surface area contributed by atoms with Crippen LogP contribution in [0.15, 0.2) is 18.2 Å². The van der Waals surface area contributed by atoms with E-state index < -0.39 is 0 Å². The predicted octanol–water partition coefficient (Wildman–Crippen LogP) is 10.6. The van der Waals surface area contributed by atoms with E-state index in [2.05, 4.69) is 19.9 Å². The van der Waals surface area contributed by atoms with Crippen LogP contribution in [0.4, 0.5) is 0 Å². The lowest BCUT2D eigenvalue weighted by molar-refractivity contribution is -0.157. The number of hydrogen-bond acceptors (Lipinski definition) is 4. The SMILES string of the molecule is CCCCCCCCCCCCCCCCCC(=O)OC1CC[C@H]2[C@@H]3C[C@@H](COC)c4cc(O)ccc4[C@H]3CC[C@]12C. The average Bonchev–Trinajstić information content (AvgIpc) is 3.31. The molecule has 4 nitrogen and oxygen atoms in total. The van der Waals surface area contributed by atoms with E-state index in [0.717, 1.165) is 44.9 Å². The maximum Gasteiger partial charge on any atom is 0.306 e. The first kappa shape index (κ1) is 33.3. The Kier molecular flexibility index (Phi) is 13.6. The van der Waals surface area contributed by atoms with Crippen LogP contribution in [0.2, 0.25) is 0 Å². The van der Waals surface area contributed by atoms with Gasteiger partial charge >= 0.3 is 5.97 Å². The minimum Gasteiger partial charge on any atom is -0.508 e. The van der Waals surface area contributed by atoms with Gasteiger partial charge in [-0.25, -0.2) is 0 Å². The number of carbonyl (C=O) groups excluding carboxylic acids is 1. The van der Waals surface area contributed by atoms with Crippen LogP contribution in [0, 0.1) is 17.3 Å². The van der Waals surface area contributed by atoms with Gasteiger partial charge in [0.05, 0.1) is 6.61 Å². The first-order valence-electron chi connectivity index (χ1n) is 18.0. The molecular formula is C38H62O4. The molecule has 6 atom stereocenters. The van der Waals surface area contributed by atoms with Crippen molar-refractivity contribution in [3.63, 3.8) is 0 Å². The van der Waals surface area contributed by atoms with E-state index in [0.29, 0.717) is 42.4 Å². The Bertz CT molecular complexity index is 943. The monoisotopic (exact) mass is 582 g/mol. The fourth-order valence-electron chi connectivity index (χ4n) is 9.07. The lowest BCUT2D eigenvalue weighted by Gasteiger charge is -2.51. The number of aromatic hydroxyl groups is 1. The van der Waals surface area contributed by atoms with Gasteiger partial charge < -0.3 is 14.6 Å². The van der Waals surface area contributed by atoms with Crippen molar-refractivity contribution >= 4 is 5.97 Å². The molecule has 42 heavy (non-hydrogen) atoms. The van der Waals surface area contributed by atoms with Crippen LogP contribution in [-0.4, -0.2) is 30.9 Å². The Balaban J connectivity index is 1.12. The zero-order valence-electron chi connectivity index (χ0n) is 27.3. The molecule has 238 valence electrons. The highest BCUT2D eigenvalue weighted by atomic mass is 16.5. The molecule has 1 aromatic rings. The standard InChI is InChI=1S/C38H62O4/c1-4-5-6-7-8-9-10-11-12-13-14-15-16-17-18-19-37(40)42-36-23-22-35-34-26-29(28-41-3)33-27-30(39)20-21-31(33)32(34)24-25-38(35,36)2/h20-21,27,29,32,34-36,39H,4-19,22-26,28H2,1-3H3/t29-,32+,34+,35-,36?,38-/m0/s1. The summed E-state index contributed by atoms with van der Waals surface area (Å²) in [6.45, 7) is 5.39. The van der Waals surface area contributed by atoms with Crippen molar-refractivity contribution in [2.45, 2.75) is 167 Å². The van der Waals surface area contributed by atoms with Gasteiger partial charge in [0.25, 0.3) is 0 Å². The molecule has 0 aliphatic heterocycles. The second-order valence-electron chi connectivity index (χ2n) is 14.4. The van der Waals surface area contributed by atoms with Crippen molar-refractivity contribution in [1.82, 2.24) is 0 Å². The minimum atomic E-state index is 0.0282. The molecule has 0 amide bonds. The van der Waals surface area contributed by atoms with E-state index in [1.165, 1.54) is 94.6 Å². The molecule has 0 heterocycles. The normalized spacial score (nSPS) is 28.2. The van der Waals surface area contributed by atoms with Gasteiger partial charge in [-0.15, -0.1) is 0 Å². The van der Waals surface area contributed by atoms with Crippen LogP contribution < -0.4 is 0 Å². The van der Waals surface area contributed by atoms with Crippen LogP contribution in [0.3, 0.4) is 0 Å². The highest BCUT2D eigenvalue weighted by Crippen LogP contribution is 2.63.